The fourth-order valence-corrected chi connectivity index (χ4v) is 12.8. The van der Waals surface area contributed by atoms with E-state index in [1.807, 2.05) is 60.6 Å². The third-order valence-corrected chi connectivity index (χ3v) is 17.3. The Morgan fingerprint density at radius 1 is 0.903 bits per heavy atom. The van der Waals surface area contributed by atoms with E-state index in [1.54, 1.807) is 4.90 Å². The maximum Gasteiger partial charge on any atom is 0.318 e. The van der Waals surface area contributed by atoms with Crippen molar-refractivity contribution in [3.63, 3.8) is 0 Å². The molecular formula is C48H78N2O12. The number of aliphatic hydroxyl groups excluding tert-OH is 1. The lowest BCUT2D eigenvalue weighted by Crippen LogP contribution is -2.66. The van der Waals surface area contributed by atoms with Gasteiger partial charge >= 0.3 is 12.0 Å². The van der Waals surface area contributed by atoms with E-state index in [2.05, 4.69) is 26.1 Å². The van der Waals surface area contributed by atoms with Crippen LogP contribution in [0.4, 0.5) is 4.79 Å². The van der Waals surface area contributed by atoms with Crippen molar-refractivity contribution in [3.05, 3.63) is 12.2 Å². The zero-order valence-electron chi connectivity index (χ0n) is 39.2. The van der Waals surface area contributed by atoms with Crippen molar-refractivity contribution >= 4 is 17.8 Å². The normalized spacial score (nSPS) is 46.4. The van der Waals surface area contributed by atoms with E-state index in [9.17, 15) is 29.7 Å². The van der Waals surface area contributed by atoms with Crippen LogP contribution in [0, 0.1) is 40.9 Å². The SMILES string of the molecule is CCC(C(=O)[C@@H](C)[C@@H](O)C1(C)C[C@]12O[C@@H]([C@@H](CC)C(=O)O)CC[C@@H]2C)[C@H]1O[C@]2(C=C[C@@H](NC(=O)N3CCOCC3)[C@]3(CC[C@@](C)([C@H]4CC[C@](O)(CC)[C@H](C)O4)O3)O2)[C@H](C)C[C@@H]1C. The van der Waals surface area contributed by atoms with Crippen molar-refractivity contribution in [2.75, 3.05) is 26.3 Å². The van der Waals surface area contributed by atoms with Gasteiger partial charge in [0.1, 0.15) is 11.8 Å². The minimum atomic E-state index is -1.33. The number of urea groups is 1. The molecule has 3 spiro atoms. The number of carbonyl (C=O) groups is 3. The summed E-state index contributed by atoms with van der Waals surface area (Å²) in [5.74, 6) is -5.51. The van der Waals surface area contributed by atoms with Gasteiger partial charge in [0.15, 0.2) is 11.6 Å². The van der Waals surface area contributed by atoms with Crippen LogP contribution in [0.3, 0.4) is 0 Å². The zero-order valence-corrected chi connectivity index (χ0v) is 39.2. The molecule has 14 heteroatoms. The monoisotopic (exact) mass is 875 g/mol. The first kappa shape index (κ1) is 47.8. The van der Waals surface area contributed by atoms with Gasteiger partial charge in [0.05, 0.1) is 66.5 Å². The average molecular weight is 875 g/mol. The van der Waals surface area contributed by atoms with Gasteiger partial charge in [-0.15, -0.1) is 0 Å². The molecule has 0 bridgehead atoms. The van der Waals surface area contributed by atoms with Crippen molar-refractivity contribution < 1.29 is 58.1 Å². The number of Topliss-reactive ketones (excluding diaryl/α,β-unsaturated/α-hetero) is 1. The van der Waals surface area contributed by atoms with Crippen LogP contribution < -0.4 is 5.32 Å². The molecule has 14 nitrogen and oxygen atoms in total. The molecule has 0 radical (unpaired) electrons. The molecule has 6 fully saturated rings. The second kappa shape index (κ2) is 17.6. The van der Waals surface area contributed by atoms with Crippen LogP contribution in [0.5, 0.6) is 0 Å². The van der Waals surface area contributed by atoms with Crippen molar-refractivity contribution in [1.82, 2.24) is 10.2 Å². The van der Waals surface area contributed by atoms with E-state index >= 15 is 0 Å². The van der Waals surface area contributed by atoms with Gasteiger partial charge in [-0.1, -0.05) is 61.5 Å². The predicted molar refractivity (Wildman–Crippen MR) is 230 cm³/mol. The molecule has 2 amide bonds. The number of nitrogens with zero attached hydrogens (tertiary/aromatic N) is 1. The number of ether oxygens (including phenoxy) is 6. The molecule has 1 saturated carbocycles. The Labute approximate surface area is 369 Å². The number of hydrogen-bond acceptors (Lipinski definition) is 11. The maximum atomic E-state index is 14.8. The van der Waals surface area contributed by atoms with Gasteiger partial charge in [0, 0.05) is 42.7 Å². The molecule has 5 saturated heterocycles. The molecule has 7 rings (SSSR count). The van der Waals surface area contributed by atoms with E-state index in [4.69, 9.17) is 28.4 Å². The Morgan fingerprint density at radius 2 is 1.60 bits per heavy atom. The van der Waals surface area contributed by atoms with Crippen molar-refractivity contribution in [1.29, 1.82) is 0 Å². The number of nitrogens with one attached hydrogen (secondary N) is 1. The van der Waals surface area contributed by atoms with Crippen LogP contribution in [0.15, 0.2) is 12.2 Å². The molecule has 62 heavy (non-hydrogen) atoms. The molecule has 6 heterocycles. The Hall–Kier alpha value is -2.17. The highest BCUT2D eigenvalue weighted by Crippen LogP contribution is 2.68. The molecule has 7 aliphatic rings. The fraction of sp³-hybridized carbons (Fsp3) is 0.896. The van der Waals surface area contributed by atoms with Crippen molar-refractivity contribution in [3.8, 4) is 0 Å². The highest BCUT2D eigenvalue weighted by molar-refractivity contribution is 5.84. The summed E-state index contributed by atoms with van der Waals surface area (Å²) in [5, 5.41) is 36.6. The molecule has 0 aromatic heterocycles. The molecule has 2 unspecified atom stereocenters. The molecule has 4 N–H and O–H groups in total. The summed E-state index contributed by atoms with van der Waals surface area (Å²) < 4.78 is 40.5. The Kier molecular flexibility index (Phi) is 13.5. The molecule has 352 valence electrons. The van der Waals surface area contributed by atoms with Crippen LogP contribution in [-0.2, 0) is 38.0 Å². The van der Waals surface area contributed by atoms with Gasteiger partial charge in [-0.05, 0) is 96.0 Å². The third kappa shape index (κ3) is 8.10. The number of aliphatic carboxylic acids is 1. The topological polar surface area (TPSA) is 183 Å². The number of aliphatic hydroxyl groups is 2. The van der Waals surface area contributed by atoms with Gasteiger partial charge in [0.25, 0.3) is 0 Å². The van der Waals surface area contributed by atoms with E-state index in [1.165, 1.54) is 0 Å². The number of amides is 2. The maximum absolute atomic E-state index is 14.8. The van der Waals surface area contributed by atoms with Crippen LogP contribution in [-0.4, -0.2) is 129 Å². The summed E-state index contributed by atoms with van der Waals surface area (Å²) in [6.07, 6.45) is 7.65. The smallest absolute Gasteiger partial charge is 0.318 e. The standard InChI is InChI=1S/C48H78N2O12/c1-11-33(41(53)54)35-15-14-29(5)46(59-35)27-43(46,9)40(52)31(7)38(51)34(12-2)39-28(4)26-30(6)47(60-39)19-16-36(49-42(55)50-22-24-57-25-23-50)48(62-47)21-20-44(10,61-48)37-17-18-45(56,13-3)32(8)58-37/h16,19,28-37,39-40,52,56H,11-15,17-18,20-27H2,1-10H3,(H,49,55)(H,53,54)/t28-,29-,30+,31+,32-,33+,34?,35+,36+,37+,39-,40+,43?,44-,45+,46+,47-,48-/m0/s1. The van der Waals surface area contributed by atoms with Crippen LogP contribution in [0.1, 0.15) is 140 Å². The van der Waals surface area contributed by atoms with E-state index < -0.39 is 81.9 Å². The Bertz CT molecular complexity index is 1690. The highest BCUT2D eigenvalue weighted by Gasteiger charge is 2.74. The minimum Gasteiger partial charge on any atom is -0.481 e. The first-order chi connectivity index (χ1) is 29.2. The molecule has 1 aliphatic carbocycles. The van der Waals surface area contributed by atoms with Crippen molar-refractivity contribution in [2.24, 2.45) is 40.9 Å². The largest absolute Gasteiger partial charge is 0.481 e. The molecule has 18 atom stereocenters. The fourth-order valence-electron chi connectivity index (χ4n) is 12.8. The first-order valence-electron chi connectivity index (χ1n) is 24.1. The summed E-state index contributed by atoms with van der Waals surface area (Å²) >= 11 is 0. The Balaban J connectivity index is 1.13. The van der Waals surface area contributed by atoms with Crippen molar-refractivity contribution in [2.45, 2.75) is 205 Å². The Morgan fingerprint density at radius 3 is 2.23 bits per heavy atom. The first-order valence-corrected chi connectivity index (χ1v) is 24.1. The van der Waals surface area contributed by atoms with Crippen LogP contribution in [0.25, 0.3) is 0 Å². The van der Waals surface area contributed by atoms with Gasteiger partial charge in [-0.2, -0.15) is 0 Å². The number of carboxylic acid groups (broad SMARTS) is 1. The summed E-state index contributed by atoms with van der Waals surface area (Å²) in [6.45, 7) is 21.8. The second-order valence-corrected chi connectivity index (χ2v) is 21.0. The number of carbonyl (C=O) groups excluding carboxylic acids is 2. The van der Waals surface area contributed by atoms with Gasteiger partial charge in [-0.25, -0.2) is 4.79 Å². The quantitative estimate of drug-likeness (QED) is 0.159. The number of carboxylic acids is 1. The summed E-state index contributed by atoms with van der Waals surface area (Å²) in [6, 6.07) is -0.894. The molecule has 6 aliphatic heterocycles. The van der Waals surface area contributed by atoms with Gasteiger partial charge in [-0.3, -0.25) is 9.59 Å². The van der Waals surface area contributed by atoms with Crippen LogP contribution >= 0.6 is 0 Å². The highest BCUT2D eigenvalue weighted by atomic mass is 16.8. The lowest BCUT2D eigenvalue weighted by Gasteiger charge is -2.55. The summed E-state index contributed by atoms with van der Waals surface area (Å²) in [4.78, 5) is 42.5. The second-order valence-electron chi connectivity index (χ2n) is 21.0. The number of hydrogen-bond donors (Lipinski definition) is 4. The summed E-state index contributed by atoms with van der Waals surface area (Å²) in [5.41, 5.74) is -3.11. The third-order valence-electron chi connectivity index (χ3n) is 17.3. The number of rotatable bonds is 12. The molecule has 0 aromatic carbocycles. The lowest BCUT2D eigenvalue weighted by molar-refractivity contribution is -0.398. The minimum absolute atomic E-state index is 0.0166. The van der Waals surface area contributed by atoms with Crippen LogP contribution in [0.2, 0.25) is 0 Å². The predicted octanol–water partition coefficient (Wildman–Crippen LogP) is 6.38. The molecule has 0 aromatic rings. The summed E-state index contributed by atoms with van der Waals surface area (Å²) in [7, 11) is 0. The zero-order chi connectivity index (χ0) is 45.2. The number of ketones is 1. The average Bonchev–Trinajstić information content (AvgIpc) is 3.70. The van der Waals surface area contributed by atoms with E-state index in [0.717, 1.165) is 6.42 Å². The van der Waals surface area contributed by atoms with Gasteiger partial charge < -0.3 is 54.0 Å². The van der Waals surface area contributed by atoms with Gasteiger partial charge in [0.2, 0.25) is 0 Å². The van der Waals surface area contributed by atoms with E-state index in [-0.39, 0.29) is 41.8 Å². The lowest BCUT2D eigenvalue weighted by atomic mass is 9.72. The van der Waals surface area contributed by atoms with E-state index in [0.29, 0.717) is 90.5 Å². The number of morpholine rings is 1. The molecular weight excluding hydrogens is 797 g/mol.